The molecule has 1 aliphatic rings. The summed E-state index contributed by atoms with van der Waals surface area (Å²) < 4.78 is 69.4. The molecule has 0 aliphatic carbocycles. The zero-order chi connectivity index (χ0) is 25.8. The van der Waals surface area contributed by atoms with Gasteiger partial charge in [-0.25, -0.2) is 17.9 Å². The number of esters is 1. The number of ether oxygens (including phenoxy) is 1. The summed E-state index contributed by atoms with van der Waals surface area (Å²) >= 11 is 0. The summed E-state index contributed by atoms with van der Waals surface area (Å²) in [5.74, 6) is -2.42. The lowest BCUT2D eigenvalue weighted by atomic mass is 9.80. The van der Waals surface area contributed by atoms with Gasteiger partial charge in [-0.1, -0.05) is 12.1 Å². The minimum absolute atomic E-state index is 0.168. The second kappa shape index (κ2) is 10.4. The van der Waals surface area contributed by atoms with E-state index in [0.717, 1.165) is 5.41 Å². The highest BCUT2D eigenvalue weighted by Gasteiger charge is 2.36. The summed E-state index contributed by atoms with van der Waals surface area (Å²) in [5.41, 5.74) is 0.427. The second-order valence-electron chi connectivity index (χ2n) is 7.84. The number of non-ortho nitro benzene ring substituents is 1. The van der Waals surface area contributed by atoms with E-state index < -0.39 is 45.7 Å². The summed E-state index contributed by atoms with van der Waals surface area (Å²) in [5, 5.41) is 15.0. The lowest BCUT2D eigenvalue weighted by Gasteiger charge is -2.30. The van der Waals surface area contributed by atoms with Gasteiger partial charge in [0.1, 0.15) is 0 Å². The van der Waals surface area contributed by atoms with Crippen LogP contribution in [0.1, 0.15) is 39.2 Å². The zero-order valence-electron chi connectivity index (χ0n) is 18.8. The van der Waals surface area contributed by atoms with Gasteiger partial charge < -0.3 is 10.1 Å². The first-order valence-corrected chi connectivity index (χ1v) is 11.5. The van der Waals surface area contributed by atoms with Gasteiger partial charge in [-0.3, -0.25) is 10.1 Å². The van der Waals surface area contributed by atoms with Gasteiger partial charge in [0.05, 0.1) is 10.5 Å². The van der Waals surface area contributed by atoms with Gasteiger partial charge in [-0.05, 0) is 44.9 Å². The van der Waals surface area contributed by atoms with Crippen LogP contribution >= 0.6 is 0 Å². The van der Waals surface area contributed by atoms with E-state index in [1.807, 2.05) is 0 Å². The van der Waals surface area contributed by atoms with Crippen molar-refractivity contribution in [2.45, 2.75) is 45.8 Å². The Morgan fingerprint density at radius 2 is 1.94 bits per heavy atom. The fourth-order valence-corrected chi connectivity index (χ4v) is 4.48. The van der Waals surface area contributed by atoms with E-state index in [1.54, 1.807) is 20.8 Å². The quantitative estimate of drug-likeness (QED) is 0.314. The molecule has 0 spiro atoms. The number of hydrogen-bond donors (Lipinski definition) is 2. The summed E-state index contributed by atoms with van der Waals surface area (Å²) in [7, 11) is -3.89. The number of benzene rings is 1. The Morgan fingerprint density at radius 3 is 2.50 bits per heavy atom. The lowest BCUT2D eigenvalue weighted by Crippen LogP contribution is -2.31. The number of rotatable bonds is 8. The average molecular weight is 503 g/mol. The third-order valence-corrected chi connectivity index (χ3v) is 5.93. The Balaban J connectivity index is 2.64. The lowest BCUT2D eigenvalue weighted by molar-refractivity contribution is -0.384. The number of sulfonamides is 1. The Hall–Kier alpha value is -3.19. The third-order valence-electron chi connectivity index (χ3n) is 4.64. The summed E-state index contributed by atoms with van der Waals surface area (Å²) in [6, 6.07) is 4.79. The fraction of sp³-hybridized carbons (Fsp3) is 0.381. The number of carbonyl (C=O) groups is 1. The van der Waals surface area contributed by atoms with E-state index in [0.29, 0.717) is 5.70 Å². The van der Waals surface area contributed by atoms with Gasteiger partial charge in [-0.2, -0.15) is 13.2 Å². The first kappa shape index (κ1) is 27.1. The van der Waals surface area contributed by atoms with Crippen molar-refractivity contribution >= 4 is 21.7 Å². The van der Waals surface area contributed by atoms with Gasteiger partial charge in [0.25, 0.3) is 5.69 Å². The SMILES string of the molecule is CC1=C(C=CS(=O)(=O)NC(C)C)C(c2cccc([N+](=O)[O-])c2)C(C(=O)OCC(F)(F)F)=C(C)N1. The van der Waals surface area contributed by atoms with Crippen LogP contribution in [-0.4, -0.2) is 38.1 Å². The van der Waals surface area contributed by atoms with Crippen molar-refractivity contribution in [3.63, 3.8) is 0 Å². The zero-order valence-corrected chi connectivity index (χ0v) is 19.6. The van der Waals surface area contributed by atoms with Gasteiger partial charge in [0.2, 0.25) is 10.0 Å². The standard InChI is InChI=1S/C21H24F3N3O6S/c1-12(2)26-34(31,32)9-8-17-13(3)25-14(4)18(20(28)33-11-21(22,23)24)19(17)15-6-5-7-16(10-15)27(29)30/h5-10,12,19,25-26H,11H2,1-4H3. The molecular weight excluding hydrogens is 479 g/mol. The van der Waals surface area contributed by atoms with Crippen LogP contribution < -0.4 is 10.0 Å². The third kappa shape index (κ3) is 7.15. The molecule has 34 heavy (non-hydrogen) atoms. The van der Waals surface area contributed by atoms with Gasteiger partial charge in [0.15, 0.2) is 6.61 Å². The van der Waals surface area contributed by atoms with E-state index in [2.05, 4.69) is 14.8 Å². The van der Waals surface area contributed by atoms with Gasteiger partial charge in [0, 0.05) is 40.9 Å². The normalized spacial score (nSPS) is 17.4. The molecule has 0 saturated carbocycles. The topological polar surface area (TPSA) is 128 Å². The van der Waals surface area contributed by atoms with Crippen molar-refractivity contribution in [2.24, 2.45) is 0 Å². The molecule has 186 valence electrons. The molecule has 1 aromatic rings. The first-order valence-electron chi connectivity index (χ1n) is 9.98. The van der Waals surface area contributed by atoms with E-state index in [4.69, 9.17) is 0 Å². The van der Waals surface area contributed by atoms with Crippen LogP contribution in [0.4, 0.5) is 18.9 Å². The number of halogens is 3. The van der Waals surface area contributed by atoms with E-state index in [1.165, 1.54) is 37.3 Å². The van der Waals surface area contributed by atoms with Crippen LogP contribution in [0.2, 0.25) is 0 Å². The van der Waals surface area contributed by atoms with Crippen LogP contribution in [0.5, 0.6) is 0 Å². The smallest absolute Gasteiger partial charge is 0.422 e. The number of nitro groups is 1. The Kier molecular flexibility index (Phi) is 8.26. The van der Waals surface area contributed by atoms with Crippen LogP contribution in [0.3, 0.4) is 0 Å². The molecule has 13 heteroatoms. The van der Waals surface area contributed by atoms with Crippen molar-refractivity contribution in [1.82, 2.24) is 10.0 Å². The van der Waals surface area contributed by atoms with Crippen LogP contribution in [-0.2, 0) is 19.6 Å². The van der Waals surface area contributed by atoms with Crippen LogP contribution in [0.25, 0.3) is 0 Å². The number of nitro benzene ring substituents is 1. The van der Waals surface area contributed by atoms with Crippen molar-refractivity contribution in [3.05, 3.63) is 74.0 Å². The number of nitrogens with zero attached hydrogens (tertiary/aromatic N) is 1. The van der Waals surface area contributed by atoms with Crippen molar-refractivity contribution in [1.29, 1.82) is 0 Å². The van der Waals surface area contributed by atoms with Crippen molar-refractivity contribution < 1.29 is 36.0 Å². The number of allylic oxidation sites excluding steroid dienone is 4. The molecule has 0 fully saturated rings. The minimum atomic E-state index is -4.77. The molecule has 1 aromatic carbocycles. The predicted octanol–water partition coefficient (Wildman–Crippen LogP) is 3.78. The molecule has 1 aliphatic heterocycles. The average Bonchev–Trinajstić information content (AvgIpc) is 2.69. The maximum absolute atomic E-state index is 12.7. The number of alkyl halides is 3. The number of hydrogen-bond acceptors (Lipinski definition) is 7. The fourth-order valence-electron chi connectivity index (χ4n) is 3.42. The summed E-state index contributed by atoms with van der Waals surface area (Å²) in [6.45, 7) is 4.42. The maximum Gasteiger partial charge on any atom is 0.422 e. The van der Waals surface area contributed by atoms with E-state index in [-0.39, 0.29) is 28.1 Å². The minimum Gasteiger partial charge on any atom is -0.453 e. The molecule has 2 N–H and O–H groups in total. The second-order valence-corrected chi connectivity index (χ2v) is 9.44. The van der Waals surface area contributed by atoms with Crippen LogP contribution in [0, 0.1) is 10.1 Å². The Bertz CT molecular complexity index is 1170. The number of nitrogens with one attached hydrogen (secondary N) is 2. The van der Waals surface area contributed by atoms with Crippen molar-refractivity contribution in [3.8, 4) is 0 Å². The predicted molar refractivity (Wildman–Crippen MR) is 118 cm³/mol. The highest BCUT2D eigenvalue weighted by Crippen LogP contribution is 2.40. The molecule has 1 atom stereocenters. The largest absolute Gasteiger partial charge is 0.453 e. The molecule has 0 saturated heterocycles. The molecule has 9 nitrogen and oxygen atoms in total. The summed E-state index contributed by atoms with van der Waals surface area (Å²) in [4.78, 5) is 23.3. The molecule has 0 bridgehead atoms. The Morgan fingerprint density at radius 1 is 1.29 bits per heavy atom. The van der Waals surface area contributed by atoms with Crippen molar-refractivity contribution in [2.75, 3.05) is 6.61 Å². The first-order chi connectivity index (χ1) is 15.6. The van der Waals surface area contributed by atoms with Gasteiger partial charge >= 0.3 is 12.1 Å². The monoisotopic (exact) mass is 503 g/mol. The molecule has 0 radical (unpaired) electrons. The maximum atomic E-state index is 12.7. The number of carbonyl (C=O) groups excluding carboxylic acids is 1. The van der Waals surface area contributed by atoms with E-state index in [9.17, 15) is 36.5 Å². The molecule has 1 heterocycles. The number of dihydropyridines is 1. The highest BCUT2D eigenvalue weighted by molar-refractivity contribution is 7.92. The van der Waals surface area contributed by atoms with Gasteiger partial charge in [-0.15, -0.1) is 0 Å². The Labute approximate surface area is 194 Å². The molecule has 0 amide bonds. The molecule has 1 unspecified atom stereocenters. The molecular formula is C21H24F3N3O6S. The molecule has 2 rings (SSSR count). The molecule has 0 aromatic heterocycles. The summed E-state index contributed by atoms with van der Waals surface area (Å²) in [6.07, 6.45) is -3.57. The van der Waals surface area contributed by atoms with Crippen LogP contribution in [0.15, 0.2) is 58.3 Å². The highest BCUT2D eigenvalue weighted by atomic mass is 32.2. The van der Waals surface area contributed by atoms with E-state index >= 15 is 0 Å².